The predicted molar refractivity (Wildman–Crippen MR) is 69.3 cm³/mol. The number of ether oxygens (including phenoxy) is 2. The molecule has 0 N–H and O–H groups in total. The Balaban J connectivity index is 2.31. The van der Waals surface area contributed by atoms with Gasteiger partial charge in [0.15, 0.2) is 12.0 Å². The minimum atomic E-state index is -0.564. The van der Waals surface area contributed by atoms with E-state index in [4.69, 9.17) is 9.47 Å². The second-order valence-corrected chi connectivity index (χ2v) is 3.76. The molecule has 0 saturated heterocycles. The normalized spacial score (nSPS) is 9.85. The fraction of sp³-hybridized carbons (Fsp3) is 0.0769. The highest BCUT2D eigenvalue weighted by atomic mass is 16.6. The maximum absolute atomic E-state index is 10.9. The molecule has 1 heterocycles. The molecule has 0 aliphatic heterocycles. The van der Waals surface area contributed by atoms with Gasteiger partial charge in [0, 0.05) is 11.8 Å². The SMILES string of the molecule is COc1ccc(Oc2cncc(C=O)c2)cc1[N+](=O)[O-]. The summed E-state index contributed by atoms with van der Waals surface area (Å²) in [4.78, 5) is 24.8. The summed E-state index contributed by atoms with van der Waals surface area (Å²) >= 11 is 0. The fourth-order valence-corrected chi connectivity index (χ4v) is 1.57. The van der Waals surface area contributed by atoms with Crippen LogP contribution in [0.3, 0.4) is 0 Å². The topological polar surface area (TPSA) is 91.6 Å². The van der Waals surface area contributed by atoms with Crippen molar-refractivity contribution in [3.63, 3.8) is 0 Å². The summed E-state index contributed by atoms with van der Waals surface area (Å²) in [6.07, 6.45) is 3.43. The van der Waals surface area contributed by atoms with Crippen LogP contribution in [0.1, 0.15) is 10.4 Å². The highest BCUT2D eigenvalue weighted by molar-refractivity contribution is 5.74. The first-order chi connectivity index (χ1) is 9.63. The zero-order valence-corrected chi connectivity index (χ0v) is 10.5. The van der Waals surface area contributed by atoms with Crippen molar-refractivity contribution in [3.8, 4) is 17.2 Å². The number of pyridine rings is 1. The number of nitrogens with zero attached hydrogens (tertiary/aromatic N) is 2. The number of hydrogen-bond acceptors (Lipinski definition) is 6. The number of aromatic nitrogens is 1. The van der Waals surface area contributed by atoms with Gasteiger partial charge < -0.3 is 9.47 Å². The molecule has 0 atom stereocenters. The van der Waals surface area contributed by atoms with Crippen LogP contribution in [-0.4, -0.2) is 23.3 Å². The van der Waals surface area contributed by atoms with Gasteiger partial charge in [0.2, 0.25) is 0 Å². The van der Waals surface area contributed by atoms with E-state index in [-0.39, 0.29) is 17.2 Å². The first-order valence-electron chi connectivity index (χ1n) is 5.54. The Morgan fingerprint density at radius 3 is 2.70 bits per heavy atom. The molecule has 7 nitrogen and oxygen atoms in total. The number of benzene rings is 1. The molecule has 20 heavy (non-hydrogen) atoms. The van der Waals surface area contributed by atoms with Crippen LogP contribution in [-0.2, 0) is 0 Å². The average molecular weight is 274 g/mol. The zero-order valence-electron chi connectivity index (χ0n) is 10.5. The van der Waals surface area contributed by atoms with Crippen LogP contribution in [0.25, 0.3) is 0 Å². The van der Waals surface area contributed by atoms with Crippen molar-refractivity contribution in [1.82, 2.24) is 4.98 Å². The summed E-state index contributed by atoms with van der Waals surface area (Å²) < 4.78 is 10.3. The highest BCUT2D eigenvalue weighted by Gasteiger charge is 2.16. The molecule has 2 aromatic rings. The minimum absolute atomic E-state index is 0.141. The largest absolute Gasteiger partial charge is 0.490 e. The van der Waals surface area contributed by atoms with Crippen molar-refractivity contribution < 1.29 is 19.2 Å². The Hall–Kier alpha value is -2.96. The Bertz CT molecular complexity index is 657. The molecule has 1 aromatic carbocycles. The van der Waals surface area contributed by atoms with E-state index in [0.717, 1.165) is 0 Å². The molecule has 7 heteroatoms. The molecule has 0 saturated carbocycles. The standard InChI is InChI=1S/C13H10N2O5/c1-19-13-3-2-10(5-12(13)15(17)18)20-11-4-9(8-16)6-14-7-11/h2-8H,1H3. The maximum Gasteiger partial charge on any atom is 0.314 e. The summed E-state index contributed by atoms with van der Waals surface area (Å²) in [5, 5.41) is 10.9. The number of nitro benzene ring substituents is 1. The van der Waals surface area contributed by atoms with Crippen LogP contribution in [0, 0.1) is 10.1 Å². The third-order valence-electron chi connectivity index (χ3n) is 2.45. The van der Waals surface area contributed by atoms with E-state index >= 15 is 0 Å². The van der Waals surface area contributed by atoms with E-state index < -0.39 is 4.92 Å². The fourth-order valence-electron chi connectivity index (χ4n) is 1.57. The number of methoxy groups -OCH3 is 1. The third kappa shape index (κ3) is 2.89. The Morgan fingerprint density at radius 1 is 1.25 bits per heavy atom. The summed E-state index contributed by atoms with van der Waals surface area (Å²) in [7, 11) is 1.35. The number of carbonyl (C=O) groups is 1. The lowest BCUT2D eigenvalue weighted by Gasteiger charge is -2.07. The van der Waals surface area contributed by atoms with Crippen LogP contribution in [0.5, 0.6) is 17.2 Å². The lowest BCUT2D eigenvalue weighted by molar-refractivity contribution is -0.385. The molecule has 0 aliphatic carbocycles. The lowest BCUT2D eigenvalue weighted by atomic mass is 10.2. The van der Waals surface area contributed by atoms with Gasteiger partial charge in [-0.3, -0.25) is 19.9 Å². The zero-order chi connectivity index (χ0) is 14.5. The van der Waals surface area contributed by atoms with E-state index in [2.05, 4.69) is 4.98 Å². The Kier molecular flexibility index (Phi) is 3.90. The number of nitro groups is 1. The molecule has 0 bridgehead atoms. The summed E-state index contributed by atoms with van der Waals surface area (Å²) in [5.74, 6) is 0.707. The molecule has 2 rings (SSSR count). The van der Waals surface area contributed by atoms with Crippen molar-refractivity contribution >= 4 is 12.0 Å². The van der Waals surface area contributed by atoms with Crippen molar-refractivity contribution in [2.75, 3.05) is 7.11 Å². The molecular weight excluding hydrogens is 264 g/mol. The Morgan fingerprint density at radius 2 is 2.05 bits per heavy atom. The number of carbonyl (C=O) groups excluding carboxylic acids is 1. The van der Waals surface area contributed by atoms with Gasteiger partial charge in [0.25, 0.3) is 0 Å². The molecule has 102 valence electrons. The van der Waals surface area contributed by atoms with Gasteiger partial charge in [0.05, 0.1) is 24.3 Å². The molecule has 0 radical (unpaired) electrons. The molecule has 0 fully saturated rings. The van der Waals surface area contributed by atoms with Gasteiger partial charge in [-0.1, -0.05) is 0 Å². The van der Waals surface area contributed by atoms with Crippen molar-refractivity contribution in [2.45, 2.75) is 0 Å². The number of hydrogen-bond donors (Lipinski definition) is 0. The van der Waals surface area contributed by atoms with E-state index in [1.165, 1.54) is 43.8 Å². The van der Waals surface area contributed by atoms with Crippen molar-refractivity contribution in [3.05, 3.63) is 52.3 Å². The van der Waals surface area contributed by atoms with Crippen LogP contribution >= 0.6 is 0 Å². The second kappa shape index (κ2) is 5.79. The highest BCUT2D eigenvalue weighted by Crippen LogP contribution is 2.32. The predicted octanol–water partition coefficient (Wildman–Crippen LogP) is 2.60. The van der Waals surface area contributed by atoms with E-state index in [1.807, 2.05) is 0 Å². The maximum atomic E-state index is 10.9. The first kappa shape index (κ1) is 13.5. The molecular formula is C13H10N2O5. The van der Waals surface area contributed by atoms with E-state index in [9.17, 15) is 14.9 Å². The van der Waals surface area contributed by atoms with E-state index in [0.29, 0.717) is 17.6 Å². The van der Waals surface area contributed by atoms with Crippen molar-refractivity contribution in [2.24, 2.45) is 0 Å². The van der Waals surface area contributed by atoms with Crippen LogP contribution in [0.2, 0.25) is 0 Å². The first-order valence-corrected chi connectivity index (χ1v) is 5.54. The van der Waals surface area contributed by atoms with Gasteiger partial charge in [0.1, 0.15) is 11.5 Å². The summed E-state index contributed by atoms with van der Waals surface area (Å²) in [6.45, 7) is 0. The number of aldehydes is 1. The molecule has 0 amide bonds. The lowest BCUT2D eigenvalue weighted by Crippen LogP contribution is -1.95. The van der Waals surface area contributed by atoms with Gasteiger partial charge in [-0.15, -0.1) is 0 Å². The number of rotatable bonds is 5. The van der Waals surface area contributed by atoms with Gasteiger partial charge >= 0.3 is 5.69 Å². The van der Waals surface area contributed by atoms with Gasteiger partial charge in [-0.25, -0.2) is 0 Å². The third-order valence-corrected chi connectivity index (χ3v) is 2.45. The van der Waals surface area contributed by atoms with Gasteiger partial charge in [-0.2, -0.15) is 0 Å². The smallest absolute Gasteiger partial charge is 0.314 e. The van der Waals surface area contributed by atoms with Crippen LogP contribution in [0.4, 0.5) is 5.69 Å². The van der Waals surface area contributed by atoms with Crippen LogP contribution < -0.4 is 9.47 Å². The molecule has 1 aromatic heterocycles. The van der Waals surface area contributed by atoms with Crippen LogP contribution in [0.15, 0.2) is 36.7 Å². The minimum Gasteiger partial charge on any atom is -0.490 e. The molecule has 0 spiro atoms. The van der Waals surface area contributed by atoms with E-state index in [1.54, 1.807) is 0 Å². The quantitative estimate of drug-likeness (QED) is 0.472. The summed E-state index contributed by atoms with van der Waals surface area (Å²) in [5.41, 5.74) is 0.148. The Labute approximate surface area is 113 Å². The molecule has 0 unspecified atom stereocenters. The second-order valence-electron chi connectivity index (χ2n) is 3.76. The van der Waals surface area contributed by atoms with Crippen molar-refractivity contribution in [1.29, 1.82) is 0 Å². The monoisotopic (exact) mass is 274 g/mol. The van der Waals surface area contributed by atoms with Gasteiger partial charge in [-0.05, 0) is 18.2 Å². The molecule has 0 aliphatic rings. The summed E-state index contributed by atoms with van der Waals surface area (Å²) in [6, 6.07) is 5.69. The average Bonchev–Trinajstić information content (AvgIpc) is 2.47.